The van der Waals surface area contributed by atoms with E-state index in [4.69, 9.17) is 19.6 Å². The maximum absolute atomic E-state index is 13.1. The van der Waals surface area contributed by atoms with Gasteiger partial charge in [0.15, 0.2) is 11.8 Å². The minimum Gasteiger partial charge on any atom is -0.467 e. The molecule has 1 atom stereocenters. The van der Waals surface area contributed by atoms with E-state index in [1.165, 1.54) is 31.1 Å². The molecule has 6 nitrogen and oxygen atoms in total. The van der Waals surface area contributed by atoms with Crippen molar-refractivity contribution in [1.82, 2.24) is 14.6 Å². The van der Waals surface area contributed by atoms with Gasteiger partial charge in [-0.1, -0.05) is 42.0 Å². The Morgan fingerprint density at radius 3 is 2.30 bits per heavy atom. The molecule has 0 bridgehead atoms. The summed E-state index contributed by atoms with van der Waals surface area (Å²) in [5.74, 6) is -0.463. The zero-order chi connectivity index (χ0) is 26.3. The number of esters is 1. The lowest BCUT2D eigenvalue weighted by Gasteiger charge is -2.28. The number of aromatic nitrogens is 3. The van der Waals surface area contributed by atoms with Crippen molar-refractivity contribution in [1.29, 1.82) is 0 Å². The first kappa shape index (κ1) is 25.2. The molecule has 0 aliphatic heterocycles. The van der Waals surface area contributed by atoms with Gasteiger partial charge < -0.3 is 9.47 Å². The molecule has 0 radical (unpaired) electrons. The van der Waals surface area contributed by atoms with Crippen LogP contribution < -0.4 is 0 Å². The van der Waals surface area contributed by atoms with E-state index >= 15 is 0 Å². The van der Waals surface area contributed by atoms with Crippen LogP contribution in [0.5, 0.6) is 0 Å². The van der Waals surface area contributed by atoms with Crippen LogP contribution in [0.15, 0.2) is 48.5 Å². The fourth-order valence-electron chi connectivity index (χ4n) is 5.16. The number of methoxy groups -OCH3 is 1. The number of ether oxygens (including phenoxy) is 2. The third kappa shape index (κ3) is 5.03. The molecular weight excluding hydrogens is 462 g/mol. The summed E-state index contributed by atoms with van der Waals surface area (Å²) >= 11 is 0. The highest BCUT2D eigenvalue weighted by molar-refractivity contribution is 5.82. The average Bonchev–Trinajstić information content (AvgIpc) is 3.29. The molecule has 2 heterocycles. The van der Waals surface area contributed by atoms with Crippen molar-refractivity contribution in [3.8, 4) is 22.5 Å². The maximum atomic E-state index is 13.1. The molecule has 4 aromatic rings. The lowest BCUT2D eigenvalue weighted by Crippen LogP contribution is -2.29. The predicted molar refractivity (Wildman–Crippen MR) is 146 cm³/mol. The zero-order valence-electron chi connectivity index (χ0n) is 22.6. The number of carbonyl (C=O) groups is 1. The van der Waals surface area contributed by atoms with Crippen molar-refractivity contribution >= 4 is 11.6 Å². The monoisotopic (exact) mass is 497 g/mol. The number of hydrogen-bond donors (Lipinski definition) is 0. The smallest absolute Gasteiger partial charge is 0.339 e. The second-order valence-corrected chi connectivity index (χ2v) is 10.9. The van der Waals surface area contributed by atoms with E-state index in [-0.39, 0.29) is 0 Å². The lowest BCUT2D eigenvalue weighted by atomic mass is 9.90. The molecule has 2 aromatic heterocycles. The van der Waals surface area contributed by atoms with Gasteiger partial charge in [0.25, 0.3) is 0 Å². The van der Waals surface area contributed by atoms with Crippen LogP contribution in [-0.4, -0.2) is 33.3 Å². The molecule has 1 aliphatic rings. The number of hydrogen-bond acceptors (Lipinski definition) is 5. The van der Waals surface area contributed by atoms with Crippen molar-refractivity contribution < 1.29 is 14.3 Å². The van der Waals surface area contributed by atoms with E-state index in [9.17, 15) is 4.79 Å². The molecule has 2 aromatic carbocycles. The normalized spacial score (nSPS) is 14.4. The van der Waals surface area contributed by atoms with Gasteiger partial charge in [-0.2, -0.15) is 5.10 Å². The number of benzene rings is 2. The van der Waals surface area contributed by atoms with E-state index in [0.717, 1.165) is 46.6 Å². The fraction of sp³-hybridized carbons (Fsp3) is 0.387. The van der Waals surface area contributed by atoms with Crippen molar-refractivity contribution in [3.63, 3.8) is 0 Å². The minimum atomic E-state index is -0.949. The Balaban J connectivity index is 1.75. The third-order valence-electron chi connectivity index (χ3n) is 6.95. The molecular formula is C31H35N3O3. The molecule has 0 amide bonds. The van der Waals surface area contributed by atoms with E-state index in [1.807, 2.05) is 38.3 Å². The first-order valence-corrected chi connectivity index (χ1v) is 13.0. The molecule has 1 unspecified atom stereocenters. The van der Waals surface area contributed by atoms with Gasteiger partial charge in [0.05, 0.1) is 24.1 Å². The van der Waals surface area contributed by atoms with Crippen molar-refractivity contribution in [3.05, 3.63) is 76.5 Å². The van der Waals surface area contributed by atoms with E-state index in [1.54, 1.807) is 0 Å². The van der Waals surface area contributed by atoms with Crippen LogP contribution in [0, 0.1) is 13.8 Å². The highest BCUT2D eigenvalue weighted by atomic mass is 16.6. The molecule has 0 saturated heterocycles. The van der Waals surface area contributed by atoms with Crippen LogP contribution in [0.3, 0.4) is 0 Å². The van der Waals surface area contributed by atoms with E-state index in [0.29, 0.717) is 11.3 Å². The fourth-order valence-corrected chi connectivity index (χ4v) is 5.16. The van der Waals surface area contributed by atoms with Crippen molar-refractivity contribution in [2.45, 2.75) is 72.0 Å². The van der Waals surface area contributed by atoms with Gasteiger partial charge in [-0.25, -0.2) is 14.3 Å². The highest BCUT2D eigenvalue weighted by Gasteiger charge is 2.34. The van der Waals surface area contributed by atoms with Crippen LogP contribution in [0.1, 0.15) is 67.7 Å². The van der Waals surface area contributed by atoms with Crippen molar-refractivity contribution in [2.75, 3.05) is 7.11 Å². The lowest BCUT2D eigenvalue weighted by molar-refractivity contribution is -0.164. The number of fused-ring (bicyclic) bond motifs is 2. The average molecular weight is 498 g/mol. The molecule has 6 heteroatoms. The highest BCUT2D eigenvalue weighted by Crippen LogP contribution is 2.37. The largest absolute Gasteiger partial charge is 0.467 e. The second kappa shape index (κ2) is 9.75. The minimum absolute atomic E-state index is 0.463. The Morgan fingerprint density at radius 2 is 1.62 bits per heavy atom. The quantitative estimate of drug-likeness (QED) is 0.291. The Kier molecular flexibility index (Phi) is 6.63. The standard InChI is InChI=1S/C31H35N3O3/c1-19-11-13-22(14-12-19)28-27(29(30(35)36-6)37-31(3,4)5)20(2)32-26-18-25(33-34(26)28)24-16-15-21-9-7-8-10-23(21)17-24/h11-18,29H,7-10H2,1-6H3. The summed E-state index contributed by atoms with van der Waals surface area (Å²) in [5, 5.41) is 5.04. The summed E-state index contributed by atoms with van der Waals surface area (Å²) in [6.45, 7) is 9.76. The number of rotatable bonds is 5. The van der Waals surface area contributed by atoms with Gasteiger partial charge in [-0.05, 0) is 77.5 Å². The molecule has 5 rings (SSSR count). The number of nitrogens with zero attached hydrogens (tertiary/aromatic N) is 3. The summed E-state index contributed by atoms with van der Waals surface area (Å²) in [6.07, 6.45) is 3.79. The van der Waals surface area contributed by atoms with E-state index < -0.39 is 17.7 Å². The van der Waals surface area contributed by atoms with Gasteiger partial charge in [0.1, 0.15) is 0 Å². The van der Waals surface area contributed by atoms with Gasteiger partial charge >= 0.3 is 5.97 Å². The van der Waals surface area contributed by atoms with Crippen LogP contribution in [0.4, 0.5) is 0 Å². The Bertz CT molecular complexity index is 1460. The summed E-state index contributed by atoms with van der Waals surface area (Å²) < 4.78 is 13.3. The molecule has 1 aliphatic carbocycles. The van der Waals surface area contributed by atoms with Crippen LogP contribution >= 0.6 is 0 Å². The predicted octanol–water partition coefficient (Wildman–Crippen LogP) is 6.59. The summed E-state index contributed by atoms with van der Waals surface area (Å²) in [6, 6.07) is 16.9. The van der Waals surface area contributed by atoms with Crippen molar-refractivity contribution in [2.24, 2.45) is 0 Å². The molecule has 192 valence electrons. The summed E-state index contributed by atoms with van der Waals surface area (Å²) in [7, 11) is 1.39. The Morgan fingerprint density at radius 1 is 0.946 bits per heavy atom. The summed E-state index contributed by atoms with van der Waals surface area (Å²) in [5.41, 5.74) is 9.18. The van der Waals surface area contributed by atoms with Gasteiger partial charge in [0, 0.05) is 28.5 Å². The molecule has 0 fully saturated rings. The number of aryl methyl sites for hydroxylation is 4. The molecule has 0 saturated carbocycles. The first-order chi connectivity index (χ1) is 17.6. The maximum Gasteiger partial charge on any atom is 0.339 e. The molecule has 0 N–H and O–H groups in total. The summed E-state index contributed by atoms with van der Waals surface area (Å²) in [4.78, 5) is 18.0. The number of carbonyl (C=O) groups excluding carboxylic acids is 1. The SMILES string of the molecule is COC(=O)C(OC(C)(C)C)c1c(C)nc2cc(-c3ccc4c(c3)CCCC4)nn2c1-c1ccc(C)cc1. The van der Waals surface area contributed by atoms with Crippen LogP contribution in [0.25, 0.3) is 28.2 Å². The Hall–Kier alpha value is -3.51. The van der Waals surface area contributed by atoms with Gasteiger partial charge in [-0.3, -0.25) is 0 Å². The van der Waals surface area contributed by atoms with Crippen LogP contribution in [0.2, 0.25) is 0 Å². The molecule has 0 spiro atoms. The molecule has 37 heavy (non-hydrogen) atoms. The Labute approximate surface area is 218 Å². The first-order valence-electron chi connectivity index (χ1n) is 13.0. The third-order valence-corrected chi connectivity index (χ3v) is 6.95. The van der Waals surface area contributed by atoms with Gasteiger partial charge in [-0.15, -0.1) is 0 Å². The second-order valence-electron chi connectivity index (χ2n) is 10.9. The zero-order valence-corrected chi connectivity index (χ0v) is 22.6. The van der Waals surface area contributed by atoms with E-state index in [2.05, 4.69) is 49.4 Å². The van der Waals surface area contributed by atoms with Crippen LogP contribution in [-0.2, 0) is 27.1 Å². The topological polar surface area (TPSA) is 65.7 Å². The van der Waals surface area contributed by atoms with Gasteiger partial charge in [0.2, 0.25) is 0 Å².